The molecule has 17 heavy (non-hydrogen) atoms. The SMILES string of the molecule is O=S1(=O)c2ccc(F)cc2CN1c1nccs1. The van der Waals surface area contributed by atoms with Crippen LogP contribution < -0.4 is 4.31 Å². The van der Waals surface area contributed by atoms with Gasteiger partial charge in [0, 0.05) is 11.6 Å². The van der Waals surface area contributed by atoms with E-state index >= 15 is 0 Å². The van der Waals surface area contributed by atoms with Crippen molar-refractivity contribution in [3.05, 3.63) is 41.2 Å². The average Bonchev–Trinajstić information content (AvgIpc) is 2.85. The molecule has 0 unspecified atom stereocenters. The molecular formula is C10H7FN2O2S2. The van der Waals surface area contributed by atoms with Crippen LogP contribution >= 0.6 is 11.3 Å². The molecule has 7 heteroatoms. The van der Waals surface area contributed by atoms with Crippen LogP contribution in [-0.4, -0.2) is 13.4 Å². The van der Waals surface area contributed by atoms with E-state index in [1.165, 1.54) is 27.8 Å². The zero-order valence-electron chi connectivity index (χ0n) is 8.50. The maximum atomic E-state index is 13.1. The summed E-state index contributed by atoms with van der Waals surface area (Å²) in [6.07, 6.45) is 1.54. The number of thiazole rings is 1. The molecule has 4 nitrogen and oxygen atoms in total. The van der Waals surface area contributed by atoms with Gasteiger partial charge in [0.2, 0.25) is 0 Å². The van der Waals surface area contributed by atoms with E-state index in [1.54, 1.807) is 11.6 Å². The topological polar surface area (TPSA) is 50.3 Å². The largest absolute Gasteiger partial charge is 0.266 e. The first-order chi connectivity index (χ1) is 8.09. The summed E-state index contributed by atoms with van der Waals surface area (Å²) in [4.78, 5) is 4.13. The number of sulfonamides is 1. The van der Waals surface area contributed by atoms with Crippen molar-refractivity contribution in [2.45, 2.75) is 11.4 Å². The van der Waals surface area contributed by atoms with Gasteiger partial charge in [0.25, 0.3) is 10.0 Å². The lowest BCUT2D eigenvalue weighted by Gasteiger charge is -2.12. The van der Waals surface area contributed by atoms with Crippen molar-refractivity contribution in [1.29, 1.82) is 0 Å². The predicted molar refractivity (Wildman–Crippen MR) is 61.9 cm³/mol. The standard InChI is InChI=1S/C10H7FN2O2S2/c11-8-1-2-9-7(5-8)6-13(17(9,14)15)10-12-3-4-16-10/h1-5H,6H2. The van der Waals surface area contributed by atoms with Gasteiger partial charge < -0.3 is 0 Å². The summed E-state index contributed by atoms with van der Waals surface area (Å²) in [5, 5.41) is 2.11. The molecule has 2 heterocycles. The maximum Gasteiger partial charge on any atom is 0.266 e. The molecule has 88 valence electrons. The first-order valence-corrected chi connectivity index (χ1v) is 7.12. The number of hydrogen-bond donors (Lipinski definition) is 0. The third-order valence-corrected chi connectivity index (χ3v) is 5.28. The van der Waals surface area contributed by atoms with Gasteiger partial charge in [0.1, 0.15) is 5.82 Å². The Labute approximate surface area is 101 Å². The average molecular weight is 270 g/mol. The minimum atomic E-state index is -3.57. The summed E-state index contributed by atoms with van der Waals surface area (Å²) in [6.45, 7) is 0.142. The Morgan fingerprint density at radius 1 is 1.41 bits per heavy atom. The first kappa shape index (κ1) is 10.7. The molecule has 2 aromatic rings. The van der Waals surface area contributed by atoms with E-state index in [1.807, 2.05) is 0 Å². The van der Waals surface area contributed by atoms with Gasteiger partial charge in [-0.15, -0.1) is 11.3 Å². The Morgan fingerprint density at radius 3 is 2.94 bits per heavy atom. The van der Waals surface area contributed by atoms with Crippen molar-refractivity contribution in [2.24, 2.45) is 0 Å². The number of anilines is 1. The van der Waals surface area contributed by atoms with E-state index in [2.05, 4.69) is 4.98 Å². The van der Waals surface area contributed by atoms with Crippen LogP contribution in [0.5, 0.6) is 0 Å². The number of benzene rings is 1. The van der Waals surface area contributed by atoms with E-state index in [4.69, 9.17) is 0 Å². The van der Waals surface area contributed by atoms with E-state index in [0.29, 0.717) is 10.7 Å². The monoisotopic (exact) mass is 270 g/mol. The molecule has 1 aromatic carbocycles. The minimum absolute atomic E-state index is 0.142. The number of rotatable bonds is 1. The Balaban J connectivity index is 2.16. The Bertz CT molecular complexity index is 668. The molecule has 0 fully saturated rings. The summed E-state index contributed by atoms with van der Waals surface area (Å²) in [6, 6.07) is 3.70. The molecule has 0 bridgehead atoms. The molecule has 0 atom stereocenters. The van der Waals surface area contributed by atoms with Crippen LogP contribution in [0.25, 0.3) is 0 Å². The highest BCUT2D eigenvalue weighted by Gasteiger charge is 2.36. The van der Waals surface area contributed by atoms with Crippen molar-refractivity contribution in [2.75, 3.05) is 4.31 Å². The predicted octanol–water partition coefficient (Wildman–Crippen LogP) is 1.99. The molecular weight excluding hydrogens is 263 g/mol. The highest BCUT2D eigenvalue weighted by atomic mass is 32.2. The first-order valence-electron chi connectivity index (χ1n) is 4.80. The summed E-state index contributed by atoms with van der Waals surface area (Å²) >= 11 is 1.24. The van der Waals surface area contributed by atoms with Crippen LogP contribution in [0.1, 0.15) is 5.56 Å². The summed E-state index contributed by atoms with van der Waals surface area (Å²) in [5.74, 6) is -0.431. The molecule has 1 aliphatic rings. The minimum Gasteiger partial charge on any atom is -0.237 e. The molecule has 0 aliphatic carbocycles. The fourth-order valence-electron chi connectivity index (χ4n) is 1.79. The summed E-state index contributed by atoms with van der Waals surface area (Å²) < 4.78 is 38.6. The van der Waals surface area contributed by atoms with Crippen molar-refractivity contribution in [1.82, 2.24) is 4.98 Å². The molecule has 3 rings (SSSR count). The number of aromatic nitrogens is 1. The third kappa shape index (κ3) is 1.54. The Morgan fingerprint density at radius 2 is 2.24 bits per heavy atom. The Hall–Kier alpha value is -1.47. The zero-order chi connectivity index (χ0) is 12.0. The zero-order valence-corrected chi connectivity index (χ0v) is 10.1. The van der Waals surface area contributed by atoms with Crippen molar-refractivity contribution < 1.29 is 12.8 Å². The van der Waals surface area contributed by atoms with E-state index in [9.17, 15) is 12.8 Å². The molecule has 0 radical (unpaired) electrons. The number of fused-ring (bicyclic) bond motifs is 1. The number of nitrogens with zero attached hydrogens (tertiary/aromatic N) is 2. The van der Waals surface area contributed by atoms with Crippen molar-refractivity contribution >= 4 is 26.5 Å². The van der Waals surface area contributed by atoms with Crippen molar-refractivity contribution in [3.8, 4) is 0 Å². The highest BCUT2D eigenvalue weighted by molar-refractivity contribution is 7.93. The molecule has 0 spiro atoms. The fraction of sp³-hybridized carbons (Fsp3) is 0.100. The van der Waals surface area contributed by atoms with Crippen LogP contribution in [0.4, 0.5) is 9.52 Å². The summed E-state index contributed by atoms with van der Waals surface area (Å²) in [5.41, 5.74) is 0.472. The van der Waals surface area contributed by atoms with Crippen LogP contribution in [0.3, 0.4) is 0 Å². The lowest BCUT2D eigenvalue weighted by Crippen LogP contribution is -2.23. The quantitative estimate of drug-likeness (QED) is 0.796. The van der Waals surface area contributed by atoms with E-state index in [0.717, 1.165) is 6.07 Å². The van der Waals surface area contributed by atoms with Gasteiger partial charge in [-0.1, -0.05) is 0 Å². The maximum absolute atomic E-state index is 13.1. The van der Waals surface area contributed by atoms with Crippen molar-refractivity contribution in [3.63, 3.8) is 0 Å². The lowest BCUT2D eigenvalue weighted by atomic mass is 10.2. The molecule has 0 amide bonds. The van der Waals surface area contributed by atoms with Gasteiger partial charge in [-0.05, 0) is 23.8 Å². The highest BCUT2D eigenvalue weighted by Crippen LogP contribution is 2.35. The second-order valence-corrected chi connectivity index (χ2v) is 6.28. The molecule has 0 N–H and O–H groups in total. The van der Waals surface area contributed by atoms with Crippen LogP contribution in [0, 0.1) is 5.82 Å². The molecule has 1 aliphatic heterocycles. The lowest BCUT2D eigenvalue weighted by molar-refractivity contribution is 0.596. The Kier molecular flexibility index (Phi) is 2.20. The molecule has 0 saturated heterocycles. The molecule has 1 aromatic heterocycles. The smallest absolute Gasteiger partial charge is 0.237 e. The van der Waals surface area contributed by atoms with Gasteiger partial charge >= 0.3 is 0 Å². The van der Waals surface area contributed by atoms with Gasteiger partial charge in [0.15, 0.2) is 5.13 Å². The third-order valence-electron chi connectivity index (χ3n) is 2.54. The van der Waals surface area contributed by atoms with Gasteiger partial charge in [-0.3, -0.25) is 0 Å². The molecule has 0 saturated carbocycles. The van der Waals surface area contributed by atoms with Gasteiger partial charge in [0.05, 0.1) is 11.4 Å². The second kappa shape index (κ2) is 3.51. The fourth-order valence-corrected chi connectivity index (χ4v) is 4.26. The summed E-state index contributed by atoms with van der Waals surface area (Å²) in [7, 11) is -3.57. The van der Waals surface area contributed by atoms with E-state index in [-0.39, 0.29) is 11.4 Å². The van der Waals surface area contributed by atoms with E-state index < -0.39 is 15.8 Å². The number of halogens is 1. The normalized spacial score (nSPS) is 17.1. The number of hydrogen-bond acceptors (Lipinski definition) is 4. The van der Waals surface area contributed by atoms with Crippen LogP contribution in [0.15, 0.2) is 34.7 Å². The van der Waals surface area contributed by atoms with Crippen LogP contribution in [-0.2, 0) is 16.6 Å². The second-order valence-electron chi connectivity index (χ2n) is 3.58. The van der Waals surface area contributed by atoms with Gasteiger partial charge in [-0.25, -0.2) is 22.1 Å². The van der Waals surface area contributed by atoms with Gasteiger partial charge in [-0.2, -0.15) is 0 Å². The van der Waals surface area contributed by atoms with Crippen LogP contribution in [0.2, 0.25) is 0 Å².